The van der Waals surface area contributed by atoms with Gasteiger partial charge < -0.3 is 4.74 Å². The third kappa shape index (κ3) is 4.47. The Kier molecular flexibility index (Phi) is 6.40. The van der Waals surface area contributed by atoms with Gasteiger partial charge in [-0.25, -0.2) is 0 Å². The lowest BCUT2D eigenvalue weighted by Gasteiger charge is -2.33. The zero-order chi connectivity index (χ0) is 13.4. The molecule has 2 nitrogen and oxygen atoms in total. The Bertz CT molecular complexity index is 365. The van der Waals surface area contributed by atoms with Crippen molar-refractivity contribution in [2.75, 3.05) is 26.2 Å². The van der Waals surface area contributed by atoms with Crippen LogP contribution in [0.25, 0.3) is 0 Å². The molecule has 0 bridgehead atoms. The van der Waals surface area contributed by atoms with E-state index >= 15 is 0 Å². The normalized spacial score (nSPS) is 22.6. The van der Waals surface area contributed by atoms with Gasteiger partial charge in [-0.15, -0.1) is 0 Å². The van der Waals surface area contributed by atoms with Crippen molar-refractivity contribution >= 4 is 0 Å². The second-order valence-electron chi connectivity index (χ2n) is 4.42. The van der Waals surface area contributed by atoms with Crippen LogP contribution in [0.5, 0.6) is 0 Å². The molecule has 0 aromatic rings. The quantitative estimate of drug-likeness (QED) is 0.667. The van der Waals surface area contributed by atoms with Gasteiger partial charge in [-0.3, -0.25) is 4.90 Å². The monoisotopic (exact) mass is 245 g/mol. The zero-order valence-corrected chi connectivity index (χ0v) is 11.3. The highest BCUT2D eigenvalue weighted by Crippen LogP contribution is 2.14. The highest BCUT2D eigenvalue weighted by Gasteiger charge is 2.21. The standard InChI is InChI=1S/C16H23NO/c1-5-8-14(4)16-13-17(10-11-18-16)12-15(7-3)9-6-2/h5-9,16H,1-3,10-13H2,4H3/b14-8+,15-9+. The molecule has 1 heterocycles. The minimum absolute atomic E-state index is 0.173. The maximum absolute atomic E-state index is 5.77. The molecule has 1 aliphatic rings. The van der Waals surface area contributed by atoms with Crippen LogP contribution >= 0.6 is 0 Å². The van der Waals surface area contributed by atoms with Crippen molar-refractivity contribution in [2.24, 2.45) is 0 Å². The lowest BCUT2D eigenvalue weighted by molar-refractivity contribution is -0.00533. The zero-order valence-electron chi connectivity index (χ0n) is 11.3. The van der Waals surface area contributed by atoms with Gasteiger partial charge in [-0.1, -0.05) is 50.1 Å². The summed E-state index contributed by atoms with van der Waals surface area (Å²) in [5.74, 6) is 0. The smallest absolute Gasteiger partial charge is 0.0912 e. The molecular formula is C16H23NO. The van der Waals surface area contributed by atoms with Crippen LogP contribution in [-0.2, 0) is 4.74 Å². The molecule has 1 atom stereocenters. The lowest BCUT2D eigenvalue weighted by Crippen LogP contribution is -2.43. The van der Waals surface area contributed by atoms with E-state index < -0.39 is 0 Å². The summed E-state index contributed by atoms with van der Waals surface area (Å²) in [7, 11) is 0. The summed E-state index contributed by atoms with van der Waals surface area (Å²) in [6, 6.07) is 0. The van der Waals surface area contributed by atoms with E-state index in [4.69, 9.17) is 4.74 Å². The minimum atomic E-state index is 0.173. The van der Waals surface area contributed by atoms with Gasteiger partial charge in [0.15, 0.2) is 0 Å². The summed E-state index contributed by atoms with van der Waals surface area (Å²) in [4.78, 5) is 2.38. The van der Waals surface area contributed by atoms with Crippen LogP contribution in [0.2, 0.25) is 0 Å². The molecule has 0 amide bonds. The largest absolute Gasteiger partial charge is 0.371 e. The summed E-state index contributed by atoms with van der Waals surface area (Å²) >= 11 is 0. The van der Waals surface area contributed by atoms with Crippen LogP contribution in [0.15, 0.2) is 61.3 Å². The summed E-state index contributed by atoms with van der Waals surface area (Å²) in [6.45, 7) is 16.9. The van der Waals surface area contributed by atoms with Crippen LogP contribution in [0.3, 0.4) is 0 Å². The molecule has 0 aliphatic carbocycles. The van der Waals surface area contributed by atoms with Gasteiger partial charge in [0.2, 0.25) is 0 Å². The Hall–Kier alpha value is -1.38. The molecule has 1 saturated heterocycles. The molecule has 18 heavy (non-hydrogen) atoms. The summed E-state index contributed by atoms with van der Waals surface area (Å²) in [6.07, 6.45) is 9.69. The number of allylic oxidation sites excluding steroid dienone is 4. The molecule has 0 aromatic carbocycles. The molecular weight excluding hydrogens is 222 g/mol. The Morgan fingerprint density at radius 3 is 2.61 bits per heavy atom. The second kappa shape index (κ2) is 7.85. The maximum atomic E-state index is 5.77. The van der Waals surface area contributed by atoms with Crippen LogP contribution in [0, 0.1) is 0 Å². The molecule has 0 saturated carbocycles. The average Bonchev–Trinajstić information content (AvgIpc) is 2.39. The number of hydrogen-bond donors (Lipinski definition) is 0. The van der Waals surface area contributed by atoms with Crippen LogP contribution < -0.4 is 0 Å². The van der Waals surface area contributed by atoms with Crippen molar-refractivity contribution in [1.82, 2.24) is 4.90 Å². The van der Waals surface area contributed by atoms with E-state index in [0.29, 0.717) is 0 Å². The SMILES string of the molecule is C=C/C=C(\C=C)CN1CCOC(/C(C)=C/C=C)C1. The van der Waals surface area contributed by atoms with E-state index in [0.717, 1.165) is 26.2 Å². The van der Waals surface area contributed by atoms with Gasteiger partial charge in [0.25, 0.3) is 0 Å². The van der Waals surface area contributed by atoms with Gasteiger partial charge in [0, 0.05) is 19.6 Å². The van der Waals surface area contributed by atoms with Crippen molar-refractivity contribution in [3.8, 4) is 0 Å². The predicted octanol–water partition coefficient (Wildman–Crippen LogP) is 3.12. The Morgan fingerprint density at radius 2 is 2.00 bits per heavy atom. The number of morpholine rings is 1. The number of ether oxygens (including phenoxy) is 1. The number of hydrogen-bond acceptors (Lipinski definition) is 2. The Labute approximate surface area is 111 Å². The second-order valence-corrected chi connectivity index (χ2v) is 4.42. The highest BCUT2D eigenvalue weighted by atomic mass is 16.5. The van der Waals surface area contributed by atoms with Crippen molar-refractivity contribution in [3.05, 3.63) is 61.3 Å². The molecule has 1 unspecified atom stereocenters. The fourth-order valence-electron chi connectivity index (χ4n) is 2.01. The Balaban J connectivity index is 2.61. The lowest BCUT2D eigenvalue weighted by atomic mass is 10.1. The first-order chi connectivity index (χ1) is 8.71. The van der Waals surface area contributed by atoms with Crippen LogP contribution in [0.4, 0.5) is 0 Å². The van der Waals surface area contributed by atoms with Crippen LogP contribution in [-0.4, -0.2) is 37.2 Å². The van der Waals surface area contributed by atoms with Crippen molar-refractivity contribution in [1.29, 1.82) is 0 Å². The van der Waals surface area contributed by atoms with E-state index in [1.54, 1.807) is 6.08 Å². The van der Waals surface area contributed by atoms with E-state index in [1.807, 2.05) is 24.3 Å². The molecule has 0 N–H and O–H groups in total. The minimum Gasteiger partial charge on any atom is -0.371 e. The van der Waals surface area contributed by atoms with Gasteiger partial charge in [0.1, 0.15) is 0 Å². The average molecular weight is 245 g/mol. The molecule has 0 spiro atoms. The number of rotatable bonds is 6. The van der Waals surface area contributed by atoms with Crippen molar-refractivity contribution < 1.29 is 4.74 Å². The van der Waals surface area contributed by atoms with E-state index in [1.165, 1.54) is 11.1 Å². The van der Waals surface area contributed by atoms with Crippen molar-refractivity contribution in [3.63, 3.8) is 0 Å². The van der Waals surface area contributed by atoms with E-state index in [-0.39, 0.29) is 6.10 Å². The first kappa shape index (κ1) is 14.7. The topological polar surface area (TPSA) is 12.5 Å². The molecule has 2 heteroatoms. The van der Waals surface area contributed by atoms with Gasteiger partial charge in [-0.2, -0.15) is 0 Å². The van der Waals surface area contributed by atoms with Crippen molar-refractivity contribution in [2.45, 2.75) is 13.0 Å². The first-order valence-electron chi connectivity index (χ1n) is 6.28. The molecule has 1 rings (SSSR count). The Morgan fingerprint density at radius 1 is 1.28 bits per heavy atom. The molecule has 1 fully saturated rings. The van der Waals surface area contributed by atoms with Crippen LogP contribution in [0.1, 0.15) is 6.92 Å². The van der Waals surface area contributed by atoms with E-state index in [9.17, 15) is 0 Å². The summed E-state index contributed by atoms with van der Waals surface area (Å²) in [5.41, 5.74) is 2.42. The van der Waals surface area contributed by atoms with Gasteiger partial charge in [-0.05, 0) is 18.1 Å². The van der Waals surface area contributed by atoms with Gasteiger partial charge in [0.05, 0.1) is 12.7 Å². The fourth-order valence-corrected chi connectivity index (χ4v) is 2.01. The van der Waals surface area contributed by atoms with E-state index in [2.05, 4.69) is 31.6 Å². The highest BCUT2D eigenvalue weighted by molar-refractivity contribution is 5.23. The summed E-state index contributed by atoms with van der Waals surface area (Å²) < 4.78 is 5.77. The molecule has 0 aromatic heterocycles. The molecule has 0 radical (unpaired) electrons. The van der Waals surface area contributed by atoms with Gasteiger partial charge >= 0.3 is 0 Å². The fraction of sp³-hybridized carbons (Fsp3) is 0.375. The third-order valence-electron chi connectivity index (χ3n) is 3.04. The maximum Gasteiger partial charge on any atom is 0.0912 e. The third-order valence-corrected chi connectivity index (χ3v) is 3.04. The first-order valence-corrected chi connectivity index (χ1v) is 6.28. The number of nitrogens with zero attached hydrogens (tertiary/aromatic N) is 1. The summed E-state index contributed by atoms with van der Waals surface area (Å²) in [5, 5.41) is 0. The predicted molar refractivity (Wildman–Crippen MR) is 78.6 cm³/mol. The molecule has 1 aliphatic heterocycles. The molecule has 98 valence electrons.